The summed E-state index contributed by atoms with van der Waals surface area (Å²) in [6, 6.07) is 3.34. The Morgan fingerprint density at radius 3 is 2.38 bits per heavy atom. The van der Waals surface area contributed by atoms with Gasteiger partial charge < -0.3 is 9.73 Å². The van der Waals surface area contributed by atoms with Gasteiger partial charge in [0.15, 0.2) is 0 Å². The Morgan fingerprint density at radius 1 is 1.15 bits per heavy atom. The third-order valence-corrected chi connectivity index (χ3v) is 4.84. The van der Waals surface area contributed by atoms with Gasteiger partial charge in [-0.3, -0.25) is 14.2 Å². The SMILES string of the molecule is Cc1cc(C)c(NC(=O)[C@H](C)n2cnc3oc(C)c(C)c3c2=O)c(C)c1. The third-order valence-electron chi connectivity index (χ3n) is 4.84. The Bertz CT molecular complexity index is 1050. The van der Waals surface area contributed by atoms with Crippen LogP contribution in [0.25, 0.3) is 11.1 Å². The van der Waals surface area contributed by atoms with Crippen molar-refractivity contribution in [3.63, 3.8) is 0 Å². The molecule has 0 spiro atoms. The summed E-state index contributed by atoms with van der Waals surface area (Å²) in [4.78, 5) is 29.8. The fraction of sp³-hybridized carbons (Fsp3) is 0.350. The molecule has 0 aliphatic carbocycles. The number of benzene rings is 1. The molecule has 0 aliphatic rings. The van der Waals surface area contributed by atoms with E-state index in [2.05, 4.69) is 10.3 Å². The van der Waals surface area contributed by atoms with Gasteiger partial charge in [0, 0.05) is 11.3 Å². The third kappa shape index (κ3) is 2.92. The number of aromatic nitrogens is 2. The molecule has 0 fully saturated rings. The van der Waals surface area contributed by atoms with Gasteiger partial charge in [-0.1, -0.05) is 17.7 Å². The summed E-state index contributed by atoms with van der Waals surface area (Å²) < 4.78 is 6.83. The normalized spacial score (nSPS) is 12.4. The van der Waals surface area contributed by atoms with Crippen LogP contribution in [0.4, 0.5) is 5.69 Å². The number of rotatable bonds is 3. The molecule has 0 saturated heterocycles. The van der Waals surface area contributed by atoms with Crippen LogP contribution in [0.2, 0.25) is 0 Å². The molecule has 1 aromatic carbocycles. The Kier molecular flexibility index (Phi) is 4.44. The second kappa shape index (κ2) is 6.44. The van der Waals surface area contributed by atoms with Crippen molar-refractivity contribution in [1.82, 2.24) is 9.55 Å². The monoisotopic (exact) mass is 353 g/mol. The zero-order valence-electron chi connectivity index (χ0n) is 15.9. The maximum absolute atomic E-state index is 12.8. The standard InChI is InChI=1S/C20H23N3O3/c1-10-7-11(2)17(12(3)8-10)22-18(24)14(5)23-9-21-19-16(20(23)25)13(4)15(6)26-19/h7-9,14H,1-6H3,(H,22,24)/t14-/m0/s1. The predicted octanol–water partition coefficient (Wildman–Crippen LogP) is 3.73. The number of hydrogen-bond donors (Lipinski definition) is 1. The molecule has 0 radical (unpaired) electrons. The van der Waals surface area contributed by atoms with E-state index in [-0.39, 0.29) is 11.5 Å². The zero-order valence-corrected chi connectivity index (χ0v) is 15.9. The van der Waals surface area contributed by atoms with E-state index in [9.17, 15) is 9.59 Å². The summed E-state index contributed by atoms with van der Waals surface area (Å²) in [5, 5.41) is 3.37. The van der Waals surface area contributed by atoms with Crippen LogP contribution in [0.5, 0.6) is 0 Å². The maximum atomic E-state index is 12.8. The van der Waals surface area contributed by atoms with Gasteiger partial charge >= 0.3 is 0 Å². The van der Waals surface area contributed by atoms with Gasteiger partial charge in [-0.05, 0) is 52.7 Å². The van der Waals surface area contributed by atoms with Crippen LogP contribution in [0.1, 0.15) is 41.0 Å². The summed E-state index contributed by atoms with van der Waals surface area (Å²) in [5.41, 5.74) is 4.69. The van der Waals surface area contributed by atoms with E-state index in [1.165, 1.54) is 10.9 Å². The van der Waals surface area contributed by atoms with Crippen molar-refractivity contribution in [2.45, 2.75) is 47.6 Å². The number of furan rings is 1. The molecule has 0 aliphatic heterocycles. The van der Waals surface area contributed by atoms with Crippen molar-refractivity contribution in [2.24, 2.45) is 0 Å². The molecule has 6 heteroatoms. The van der Waals surface area contributed by atoms with Crippen LogP contribution in [0.3, 0.4) is 0 Å². The highest BCUT2D eigenvalue weighted by Gasteiger charge is 2.21. The molecule has 0 saturated carbocycles. The quantitative estimate of drug-likeness (QED) is 0.778. The molecule has 0 unspecified atom stereocenters. The van der Waals surface area contributed by atoms with E-state index in [0.717, 1.165) is 27.9 Å². The smallest absolute Gasteiger partial charge is 0.265 e. The lowest BCUT2D eigenvalue weighted by atomic mass is 10.0. The second-order valence-electron chi connectivity index (χ2n) is 6.86. The Labute approximate surface area is 151 Å². The lowest BCUT2D eigenvalue weighted by molar-refractivity contribution is -0.118. The van der Waals surface area contributed by atoms with Crippen molar-refractivity contribution in [2.75, 3.05) is 5.32 Å². The lowest BCUT2D eigenvalue weighted by Gasteiger charge is -2.17. The fourth-order valence-electron chi connectivity index (χ4n) is 3.26. The molecule has 2 heterocycles. The first kappa shape index (κ1) is 17.9. The van der Waals surface area contributed by atoms with Crippen LogP contribution in [0.15, 0.2) is 27.7 Å². The first-order valence-corrected chi connectivity index (χ1v) is 8.56. The van der Waals surface area contributed by atoms with Crippen LogP contribution in [0, 0.1) is 34.6 Å². The van der Waals surface area contributed by atoms with Crippen molar-refractivity contribution in [3.8, 4) is 0 Å². The van der Waals surface area contributed by atoms with Gasteiger partial charge in [0.2, 0.25) is 11.6 Å². The minimum Gasteiger partial charge on any atom is -0.443 e. The van der Waals surface area contributed by atoms with Crippen molar-refractivity contribution in [3.05, 3.63) is 56.8 Å². The Balaban J connectivity index is 1.97. The zero-order chi connectivity index (χ0) is 19.2. The molecule has 3 aromatic rings. The molecule has 2 aromatic heterocycles. The predicted molar refractivity (Wildman–Crippen MR) is 102 cm³/mol. The molecule has 1 atom stereocenters. The minimum atomic E-state index is -0.700. The molecule has 0 bridgehead atoms. The number of amides is 1. The van der Waals surface area contributed by atoms with Gasteiger partial charge in [0.05, 0.1) is 0 Å². The summed E-state index contributed by atoms with van der Waals surface area (Å²) in [6.07, 6.45) is 1.37. The maximum Gasteiger partial charge on any atom is 0.265 e. The first-order valence-electron chi connectivity index (χ1n) is 8.56. The number of carbonyl (C=O) groups excluding carboxylic acids is 1. The number of nitrogens with one attached hydrogen (secondary N) is 1. The van der Waals surface area contributed by atoms with E-state index in [1.807, 2.05) is 39.8 Å². The van der Waals surface area contributed by atoms with Crippen LogP contribution in [-0.4, -0.2) is 15.5 Å². The number of hydrogen-bond acceptors (Lipinski definition) is 4. The summed E-state index contributed by atoms with van der Waals surface area (Å²) in [5.74, 6) is 0.395. The van der Waals surface area contributed by atoms with Gasteiger partial charge in [-0.25, -0.2) is 4.98 Å². The van der Waals surface area contributed by atoms with E-state index in [1.54, 1.807) is 13.8 Å². The Morgan fingerprint density at radius 2 is 1.77 bits per heavy atom. The van der Waals surface area contributed by atoms with Crippen LogP contribution < -0.4 is 10.9 Å². The van der Waals surface area contributed by atoms with Gasteiger partial charge in [-0.2, -0.15) is 0 Å². The van der Waals surface area contributed by atoms with Crippen LogP contribution >= 0.6 is 0 Å². The van der Waals surface area contributed by atoms with Crippen LogP contribution in [-0.2, 0) is 4.79 Å². The highest BCUT2D eigenvalue weighted by atomic mass is 16.3. The van der Waals surface area contributed by atoms with E-state index in [4.69, 9.17) is 4.42 Å². The molecule has 136 valence electrons. The summed E-state index contributed by atoms with van der Waals surface area (Å²) >= 11 is 0. The largest absolute Gasteiger partial charge is 0.443 e. The summed E-state index contributed by atoms with van der Waals surface area (Å²) in [6.45, 7) is 11.2. The molecule has 1 N–H and O–H groups in total. The molecular weight excluding hydrogens is 330 g/mol. The average Bonchev–Trinajstić information content (AvgIpc) is 2.85. The second-order valence-corrected chi connectivity index (χ2v) is 6.86. The van der Waals surface area contributed by atoms with E-state index in [0.29, 0.717) is 16.9 Å². The number of anilines is 1. The highest BCUT2D eigenvalue weighted by molar-refractivity contribution is 5.95. The molecule has 26 heavy (non-hydrogen) atoms. The van der Waals surface area contributed by atoms with E-state index < -0.39 is 6.04 Å². The number of aryl methyl sites for hydroxylation is 5. The molecular formula is C20H23N3O3. The van der Waals surface area contributed by atoms with Gasteiger partial charge in [0.25, 0.3) is 5.56 Å². The topological polar surface area (TPSA) is 77.1 Å². The van der Waals surface area contributed by atoms with E-state index >= 15 is 0 Å². The lowest BCUT2D eigenvalue weighted by Crippen LogP contribution is -2.32. The Hall–Kier alpha value is -2.89. The molecule has 6 nitrogen and oxygen atoms in total. The van der Waals surface area contributed by atoms with Crippen molar-refractivity contribution >= 4 is 22.7 Å². The van der Waals surface area contributed by atoms with Gasteiger partial charge in [-0.15, -0.1) is 0 Å². The molecule has 1 amide bonds. The molecule has 3 rings (SSSR count). The van der Waals surface area contributed by atoms with Gasteiger partial charge in [0.1, 0.15) is 23.5 Å². The summed E-state index contributed by atoms with van der Waals surface area (Å²) in [7, 11) is 0. The fourth-order valence-corrected chi connectivity index (χ4v) is 3.26. The van der Waals surface area contributed by atoms with Crippen molar-refractivity contribution < 1.29 is 9.21 Å². The van der Waals surface area contributed by atoms with Crippen molar-refractivity contribution in [1.29, 1.82) is 0 Å². The number of carbonyl (C=O) groups is 1. The average molecular weight is 353 g/mol. The highest BCUT2D eigenvalue weighted by Crippen LogP contribution is 2.24. The number of nitrogens with zero attached hydrogens (tertiary/aromatic N) is 2. The minimum absolute atomic E-state index is 0.263. The number of fused-ring (bicyclic) bond motifs is 1. The first-order chi connectivity index (χ1) is 12.2.